The summed E-state index contributed by atoms with van der Waals surface area (Å²) in [6.45, 7) is 2.05. The molecule has 1 saturated heterocycles. The van der Waals surface area contributed by atoms with E-state index >= 15 is 0 Å². The Morgan fingerprint density at radius 2 is 1.83 bits per heavy atom. The van der Waals surface area contributed by atoms with Gasteiger partial charge in [-0.05, 0) is 26.2 Å². The topological polar surface area (TPSA) is 74.7 Å². The van der Waals surface area contributed by atoms with E-state index in [1.54, 1.807) is 0 Å². The number of hydrogen-bond donors (Lipinski definition) is 1. The van der Waals surface area contributed by atoms with E-state index in [0.29, 0.717) is 12.8 Å². The van der Waals surface area contributed by atoms with Crippen molar-refractivity contribution in [1.82, 2.24) is 4.90 Å². The molecule has 1 N–H and O–H groups in total. The first-order valence-electron chi connectivity index (χ1n) is 6.09. The van der Waals surface area contributed by atoms with Crippen molar-refractivity contribution in [3.63, 3.8) is 0 Å². The molecule has 2 rings (SSSR count). The predicted octanol–water partition coefficient (Wildman–Crippen LogP) is 1.58. The Morgan fingerprint density at radius 3 is 2.11 bits per heavy atom. The minimum atomic E-state index is -0.649. The zero-order valence-corrected chi connectivity index (χ0v) is 10.8. The fraction of sp³-hybridized carbons (Fsp3) is 0.615. The van der Waals surface area contributed by atoms with Crippen LogP contribution in [0.3, 0.4) is 0 Å². The molecule has 18 heavy (non-hydrogen) atoms. The number of imide groups is 1. The Balaban J connectivity index is 0.000000184. The van der Waals surface area contributed by atoms with E-state index in [4.69, 9.17) is 5.11 Å². The first kappa shape index (κ1) is 14.4. The molecule has 1 heterocycles. The maximum Gasteiger partial charge on any atom is 0.306 e. The van der Waals surface area contributed by atoms with Crippen LogP contribution in [0.25, 0.3) is 0 Å². The highest BCUT2D eigenvalue weighted by molar-refractivity contribution is 6.01. The summed E-state index contributed by atoms with van der Waals surface area (Å²) in [7, 11) is 1.51. The van der Waals surface area contributed by atoms with Gasteiger partial charge >= 0.3 is 5.97 Å². The van der Waals surface area contributed by atoms with Gasteiger partial charge in [-0.25, -0.2) is 0 Å². The molecule has 1 aliphatic carbocycles. The summed E-state index contributed by atoms with van der Waals surface area (Å²) in [4.78, 5) is 32.6. The molecule has 100 valence electrons. The van der Waals surface area contributed by atoms with Crippen molar-refractivity contribution >= 4 is 17.8 Å². The molecule has 0 saturated carbocycles. The van der Waals surface area contributed by atoms with Crippen molar-refractivity contribution in [2.75, 3.05) is 7.05 Å². The monoisotopic (exact) mass is 253 g/mol. The quantitative estimate of drug-likeness (QED) is 0.568. The number of amides is 2. The van der Waals surface area contributed by atoms with Crippen LogP contribution in [-0.2, 0) is 14.4 Å². The van der Waals surface area contributed by atoms with Crippen LogP contribution in [-0.4, -0.2) is 34.8 Å². The summed E-state index contributed by atoms with van der Waals surface area (Å²) in [6, 6.07) is 0. The zero-order chi connectivity index (χ0) is 13.7. The van der Waals surface area contributed by atoms with Crippen LogP contribution < -0.4 is 0 Å². The minimum absolute atomic E-state index is 0.0602. The van der Waals surface area contributed by atoms with Crippen molar-refractivity contribution < 1.29 is 19.5 Å². The van der Waals surface area contributed by atoms with Crippen LogP contribution in [0.2, 0.25) is 0 Å². The van der Waals surface area contributed by atoms with E-state index in [9.17, 15) is 14.4 Å². The molecule has 2 amide bonds. The molecule has 1 unspecified atom stereocenters. The lowest BCUT2D eigenvalue weighted by Crippen LogP contribution is -2.23. The number of likely N-dealkylation sites (tertiary alicyclic amines) is 1. The summed E-state index contributed by atoms with van der Waals surface area (Å²) in [6.07, 6.45) is 5.32. The van der Waals surface area contributed by atoms with Crippen molar-refractivity contribution in [2.24, 2.45) is 5.92 Å². The highest BCUT2D eigenvalue weighted by atomic mass is 16.4. The maximum atomic E-state index is 10.5. The van der Waals surface area contributed by atoms with Crippen molar-refractivity contribution in [3.8, 4) is 0 Å². The number of hydrogen-bond acceptors (Lipinski definition) is 3. The predicted molar refractivity (Wildman–Crippen MR) is 65.7 cm³/mol. The van der Waals surface area contributed by atoms with Crippen LogP contribution in [0, 0.1) is 5.92 Å². The lowest BCUT2D eigenvalue weighted by atomic mass is 9.90. The second-order valence-corrected chi connectivity index (χ2v) is 4.71. The highest BCUT2D eigenvalue weighted by Gasteiger charge is 2.24. The van der Waals surface area contributed by atoms with Crippen molar-refractivity contribution in [1.29, 1.82) is 0 Å². The average molecular weight is 253 g/mol. The van der Waals surface area contributed by atoms with Gasteiger partial charge in [0.1, 0.15) is 0 Å². The maximum absolute atomic E-state index is 10.5. The summed E-state index contributed by atoms with van der Waals surface area (Å²) >= 11 is 0. The van der Waals surface area contributed by atoms with Crippen molar-refractivity contribution in [2.45, 2.75) is 39.0 Å². The Bertz CT molecular complexity index is 370. The largest absolute Gasteiger partial charge is 0.481 e. The van der Waals surface area contributed by atoms with E-state index in [2.05, 4.69) is 6.92 Å². The van der Waals surface area contributed by atoms with Gasteiger partial charge in [0.2, 0.25) is 11.8 Å². The standard InChI is InChI=1S/C8H12O2.C5H7NO2/c1-6-2-4-7(5-3-6)8(9)10;1-6-4(7)2-3-5(6)8/h2,7H,3-5H2,1H3,(H,9,10);2-3H2,1H3. The van der Waals surface area contributed by atoms with E-state index < -0.39 is 5.97 Å². The van der Waals surface area contributed by atoms with E-state index in [1.807, 2.05) is 6.08 Å². The smallest absolute Gasteiger partial charge is 0.306 e. The number of carbonyl (C=O) groups excluding carboxylic acids is 2. The van der Waals surface area contributed by atoms with E-state index in [0.717, 1.165) is 19.3 Å². The third-order valence-corrected chi connectivity index (χ3v) is 3.29. The van der Waals surface area contributed by atoms with E-state index in [1.165, 1.54) is 17.5 Å². The van der Waals surface area contributed by atoms with E-state index in [-0.39, 0.29) is 17.7 Å². The number of carboxylic acids is 1. The summed E-state index contributed by atoms with van der Waals surface area (Å²) < 4.78 is 0. The number of allylic oxidation sites excluding steroid dienone is 2. The summed E-state index contributed by atoms with van der Waals surface area (Å²) in [5, 5.41) is 8.60. The zero-order valence-electron chi connectivity index (χ0n) is 10.8. The Hall–Kier alpha value is -1.65. The van der Waals surface area contributed by atoms with Gasteiger partial charge in [-0.15, -0.1) is 0 Å². The first-order valence-corrected chi connectivity index (χ1v) is 6.09. The highest BCUT2D eigenvalue weighted by Crippen LogP contribution is 2.22. The lowest BCUT2D eigenvalue weighted by molar-refractivity contribution is -0.142. The second-order valence-electron chi connectivity index (χ2n) is 4.71. The minimum Gasteiger partial charge on any atom is -0.481 e. The Labute approximate surface area is 106 Å². The second kappa shape index (κ2) is 6.33. The van der Waals surface area contributed by atoms with Crippen LogP contribution in [0.15, 0.2) is 11.6 Å². The van der Waals surface area contributed by atoms with Gasteiger partial charge in [0.05, 0.1) is 5.92 Å². The molecule has 1 atom stereocenters. The van der Waals surface area contributed by atoms with Crippen LogP contribution in [0.1, 0.15) is 39.0 Å². The molecule has 2 aliphatic rings. The average Bonchev–Trinajstić information content (AvgIpc) is 2.62. The molecular formula is C13H19NO4. The summed E-state index contributed by atoms with van der Waals surface area (Å²) in [5.41, 5.74) is 1.33. The fourth-order valence-corrected chi connectivity index (χ4v) is 1.88. The molecule has 0 spiro atoms. The number of carbonyl (C=O) groups is 3. The number of carboxylic acid groups (broad SMARTS) is 1. The fourth-order valence-electron chi connectivity index (χ4n) is 1.88. The third kappa shape index (κ3) is 3.98. The third-order valence-electron chi connectivity index (χ3n) is 3.29. The molecule has 0 aromatic heterocycles. The van der Waals surface area contributed by atoms with Gasteiger partial charge in [-0.1, -0.05) is 11.6 Å². The number of nitrogens with zero attached hydrogens (tertiary/aromatic N) is 1. The van der Waals surface area contributed by atoms with Gasteiger partial charge in [-0.3, -0.25) is 19.3 Å². The molecule has 0 radical (unpaired) electrons. The van der Waals surface area contributed by atoms with Gasteiger partial charge < -0.3 is 5.11 Å². The van der Waals surface area contributed by atoms with Crippen LogP contribution in [0.5, 0.6) is 0 Å². The molecule has 0 aromatic carbocycles. The molecular weight excluding hydrogens is 234 g/mol. The Kier molecular flexibility index (Phi) is 5.07. The summed E-state index contributed by atoms with van der Waals surface area (Å²) in [5.74, 6) is -0.891. The van der Waals surface area contributed by atoms with Gasteiger partial charge in [0.25, 0.3) is 0 Å². The molecule has 5 heteroatoms. The SMILES string of the molecule is CC1=CCC(C(=O)O)CC1.CN1C(=O)CCC1=O. The Morgan fingerprint density at radius 1 is 1.28 bits per heavy atom. The van der Waals surface area contributed by atoms with Crippen LogP contribution in [0.4, 0.5) is 0 Å². The first-order chi connectivity index (χ1) is 8.41. The normalized spacial score (nSPS) is 23.3. The van der Waals surface area contributed by atoms with Gasteiger partial charge in [0.15, 0.2) is 0 Å². The van der Waals surface area contributed by atoms with Gasteiger partial charge in [0, 0.05) is 19.9 Å². The van der Waals surface area contributed by atoms with Gasteiger partial charge in [-0.2, -0.15) is 0 Å². The molecule has 0 bridgehead atoms. The lowest BCUT2D eigenvalue weighted by Gasteiger charge is -2.15. The van der Waals surface area contributed by atoms with Crippen LogP contribution >= 0.6 is 0 Å². The van der Waals surface area contributed by atoms with Crippen molar-refractivity contribution in [3.05, 3.63) is 11.6 Å². The number of rotatable bonds is 1. The number of aliphatic carboxylic acids is 1. The molecule has 1 fully saturated rings. The molecule has 1 aliphatic heterocycles. The molecule has 5 nitrogen and oxygen atoms in total. The molecule has 0 aromatic rings.